The lowest BCUT2D eigenvalue weighted by molar-refractivity contribution is -0.0979. The van der Waals surface area contributed by atoms with Crippen LogP contribution < -0.4 is 0 Å². The van der Waals surface area contributed by atoms with E-state index in [1.807, 2.05) is 26.7 Å². The van der Waals surface area contributed by atoms with Gasteiger partial charge in [0.25, 0.3) is 0 Å². The van der Waals surface area contributed by atoms with Gasteiger partial charge in [-0.05, 0) is 37.1 Å². The lowest BCUT2D eigenvalue weighted by atomic mass is 10.1. The van der Waals surface area contributed by atoms with Crippen molar-refractivity contribution in [1.29, 1.82) is 0 Å². The van der Waals surface area contributed by atoms with Gasteiger partial charge in [0.05, 0.1) is 0 Å². The molecule has 11 heavy (non-hydrogen) atoms. The molecule has 0 fully saturated rings. The van der Waals surface area contributed by atoms with E-state index in [4.69, 9.17) is 9.90 Å². The van der Waals surface area contributed by atoms with Crippen molar-refractivity contribution in [2.24, 2.45) is 0 Å². The van der Waals surface area contributed by atoms with Crippen molar-refractivity contribution in [1.82, 2.24) is 0 Å². The van der Waals surface area contributed by atoms with E-state index in [-0.39, 0.29) is 0 Å². The van der Waals surface area contributed by atoms with Crippen LogP contribution in [0.25, 0.3) is 0 Å². The van der Waals surface area contributed by atoms with Gasteiger partial charge >= 0.3 is 0 Å². The molecule has 0 aliphatic heterocycles. The number of hydrogen-bond donors (Lipinski definition) is 1. The van der Waals surface area contributed by atoms with Crippen molar-refractivity contribution in [2.45, 2.75) is 13.8 Å². The number of carbonyl (C=O) groups is 1. The van der Waals surface area contributed by atoms with Crippen molar-refractivity contribution in [3.05, 3.63) is 29.3 Å². The summed E-state index contributed by atoms with van der Waals surface area (Å²) in [6.45, 7) is 6.00. The number of carbonyl (C=O) groups excluding carboxylic acids is 1. The maximum absolute atomic E-state index is 8.94. The Labute approximate surface area is 66.5 Å². The molecule has 0 spiro atoms. The maximum Gasteiger partial charge on any atom is 0.115 e. The first-order valence-corrected chi connectivity index (χ1v) is 3.25. The van der Waals surface area contributed by atoms with Gasteiger partial charge < -0.3 is 9.90 Å². The van der Waals surface area contributed by atoms with Crippen LogP contribution in [0.3, 0.4) is 0 Å². The molecule has 0 radical (unpaired) electrons. The average Bonchev–Trinajstić information content (AvgIpc) is 2.02. The molecule has 0 amide bonds. The molecule has 2 heteroatoms. The minimum absolute atomic E-state index is 0.345. The molecule has 1 N–H and O–H groups in total. The Balaban J connectivity index is 0.000000461. The molecule has 0 aromatic heterocycles. The second-order valence-electron chi connectivity index (χ2n) is 2.27. The summed E-state index contributed by atoms with van der Waals surface area (Å²) >= 11 is 0. The number of benzene rings is 1. The third kappa shape index (κ3) is 2.85. The summed E-state index contributed by atoms with van der Waals surface area (Å²) in [5, 5.41) is 8.94. The Morgan fingerprint density at radius 2 is 1.73 bits per heavy atom. The second-order valence-corrected chi connectivity index (χ2v) is 2.27. The molecule has 0 heterocycles. The van der Waals surface area contributed by atoms with Crippen LogP contribution in [0.2, 0.25) is 0 Å². The lowest BCUT2D eigenvalue weighted by Crippen LogP contribution is -1.76. The van der Waals surface area contributed by atoms with Crippen molar-refractivity contribution in [3.63, 3.8) is 0 Å². The summed E-state index contributed by atoms with van der Waals surface area (Å²) in [6.07, 6.45) is 0. The van der Waals surface area contributed by atoms with E-state index >= 15 is 0 Å². The molecule has 2 nitrogen and oxygen atoms in total. The van der Waals surface area contributed by atoms with E-state index in [1.54, 1.807) is 12.1 Å². The normalized spacial score (nSPS) is 8.18. The van der Waals surface area contributed by atoms with Gasteiger partial charge in [-0.25, -0.2) is 0 Å². The highest BCUT2D eigenvalue weighted by molar-refractivity contribution is 5.32. The van der Waals surface area contributed by atoms with Crippen LogP contribution in [0.15, 0.2) is 18.2 Å². The molecule has 1 aromatic rings. The number of hydrogen-bond acceptors (Lipinski definition) is 2. The number of phenols is 1. The predicted octanol–water partition coefficient (Wildman–Crippen LogP) is 1.82. The van der Waals surface area contributed by atoms with Crippen molar-refractivity contribution in [2.75, 3.05) is 0 Å². The van der Waals surface area contributed by atoms with Crippen LogP contribution in [0.4, 0.5) is 0 Å². The summed E-state index contributed by atoms with van der Waals surface area (Å²) in [6, 6.07) is 5.36. The first-order chi connectivity index (χ1) is 5.20. The predicted molar refractivity (Wildman–Crippen MR) is 44.7 cm³/mol. The van der Waals surface area contributed by atoms with Crippen molar-refractivity contribution < 1.29 is 9.90 Å². The molecule has 0 aliphatic rings. The van der Waals surface area contributed by atoms with E-state index in [9.17, 15) is 0 Å². The van der Waals surface area contributed by atoms with Gasteiger partial charge in [-0.1, -0.05) is 6.07 Å². The summed E-state index contributed by atoms with van der Waals surface area (Å²) in [4.78, 5) is 8.00. The molecule has 60 valence electrons. The molecular weight excluding hydrogens is 140 g/mol. The zero-order valence-electron chi connectivity index (χ0n) is 6.79. The fourth-order valence-electron chi connectivity index (χ4n) is 0.726. The summed E-state index contributed by atoms with van der Waals surface area (Å²) in [7, 11) is 0. The number of aryl methyl sites for hydroxylation is 2. The van der Waals surface area contributed by atoms with Gasteiger partial charge in [-0.3, -0.25) is 0 Å². The van der Waals surface area contributed by atoms with Crippen LogP contribution in [-0.2, 0) is 4.79 Å². The molecule has 1 rings (SSSR count). The van der Waals surface area contributed by atoms with Gasteiger partial charge in [0, 0.05) is 0 Å². The Bertz CT molecular complexity index is 231. The molecule has 0 aliphatic carbocycles. The molecule has 0 unspecified atom stereocenters. The molecule has 0 saturated heterocycles. The average molecular weight is 152 g/mol. The van der Waals surface area contributed by atoms with E-state index in [0.29, 0.717) is 5.75 Å². The highest BCUT2D eigenvalue weighted by Crippen LogP contribution is 2.13. The molecule has 0 bridgehead atoms. The number of rotatable bonds is 0. The summed E-state index contributed by atoms with van der Waals surface area (Å²) < 4.78 is 0. The fraction of sp³-hybridized carbons (Fsp3) is 0.222. The SMILES string of the molecule is C=O.Cc1ccc(O)cc1C. The Morgan fingerprint density at radius 1 is 1.18 bits per heavy atom. The maximum atomic E-state index is 8.94. The monoisotopic (exact) mass is 152 g/mol. The first kappa shape index (κ1) is 9.69. The largest absolute Gasteiger partial charge is 0.508 e. The van der Waals surface area contributed by atoms with Gasteiger partial charge in [-0.2, -0.15) is 0 Å². The molecular formula is C9H12O2. The quantitative estimate of drug-likeness (QED) is 0.615. The topological polar surface area (TPSA) is 37.3 Å². The standard InChI is InChI=1S/C8H10O.CH2O/c1-6-3-4-8(9)5-7(6)2;1-2/h3-5,9H,1-2H3;1H2. The van der Waals surface area contributed by atoms with Crippen molar-refractivity contribution in [3.8, 4) is 5.75 Å². The van der Waals surface area contributed by atoms with Crippen LogP contribution in [0, 0.1) is 13.8 Å². The minimum Gasteiger partial charge on any atom is -0.508 e. The minimum atomic E-state index is 0.345. The lowest BCUT2D eigenvalue weighted by Gasteiger charge is -1.97. The third-order valence-corrected chi connectivity index (χ3v) is 1.49. The Kier molecular flexibility index (Phi) is 3.96. The van der Waals surface area contributed by atoms with Gasteiger partial charge in [0.2, 0.25) is 0 Å². The van der Waals surface area contributed by atoms with E-state index < -0.39 is 0 Å². The first-order valence-electron chi connectivity index (χ1n) is 3.25. The van der Waals surface area contributed by atoms with Gasteiger partial charge in [0.1, 0.15) is 12.5 Å². The van der Waals surface area contributed by atoms with Crippen LogP contribution in [0.5, 0.6) is 5.75 Å². The smallest absolute Gasteiger partial charge is 0.115 e. The van der Waals surface area contributed by atoms with Gasteiger partial charge in [-0.15, -0.1) is 0 Å². The van der Waals surface area contributed by atoms with Crippen LogP contribution in [0.1, 0.15) is 11.1 Å². The third-order valence-electron chi connectivity index (χ3n) is 1.49. The molecule has 1 aromatic carbocycles. The van der Waals surface area contributed by atoms with Crippen LogP contribution in [-0.4, -0.2) is 11.9 Å². The fourth-order valence-corrected chi connectivity index (χ4v) is 0.726. The highest BCUT2D eigenvalue weighted by Gasteiger charge is 1.90. The Morgan fingerprint density at radius 3 is 2.09 bits per heavy atom. The zero-order valence-corrected chi connectivity index (χ0v) is 6.79. The molecule has 0 saturated carbocycles. The van der Waals surface area contributed by atoms with E-state index in [0.717, 1.165) is 5.56 Å². The molecule has 0 atom stereocenters. The van der Waals surface area contributed by atoms with Crippen LogP contribution >= 0.6 is 0 Å². The van der Waals surface area contributed by atoms with Gasteiger partial charge in [0.15, 0.2) is 0 Å². The highest BCUT2D eigenvalue weighted by atomic mass is 16.3. The summed E-state index contributed by atoms with van der Waals surface area (Å²) in [5.41, 5.74) is 2.35. The van der Waals surface area contributed by atoms with Crippen molar-refractivity contribution >= 4 is 6.79 Å². The number of phenolic OH excluding ortho intramolecular Hbond substituents is 1. The number of aromatic hydroxyl groups is 1. The summed E-state index contributed by atoms with van der Waals surface area (Å²) in [5.74, 6) is 0.345. The second kappa shape index (κ2) is 4.50. The van der Waals surface area contributed by atoms with E-state index in [1.165, 1.54) is 5.56 Å². The van der Waals surface area contributed by atoms with E-state index in [2.05, 4.69) is 0 Å². The Hall–Kier alpha value is -1.31. The zero-order chi connectivity index (χ0) is 8.85.